The molecule has 0 spiro atoms. The van der Waals surface area contributed by atoms with Crippen LogP contribution in [0.2, 0.25) is 0 Å². The largest absolute Gasteiger partial charge is 0.416 e. The number of hydrogen-bond donors (Lipinski definition) is 1. The highest BCUT2D eigenvalue weighted by molar-refractivity contribution is 8.07. The first kappa shape index (κ1) is 20.8. The molecular formula is C13H11F6N3O2S. The van der Waals surface area contributed by atoms with Gasteiger partial charge >= 0.3 is 12.4 Å². The lowest BCUT2D eigenvalue weighted by atomic mass is 10.1. The topological polar surface area (TPSA) is 82.3 Å². The van der Waals surface area contributed by atoms with E-state index < -0.39 is 49.8 Å². The number of anilines is 1. The van der Waals surface area contributed by atoms with Crippen LogP contribution in [0.1, 0.15) is 24.5 Å². The van der Waals surface area contributed by atoms with Crippen molar-refractivity contribution >= 4 is 20.6 Å². The molecular weight excluding hydrogens is 376 g/mol. The SMILES string of the molecule is CCCS(=O)(=O)C(C#N)=NNc1cc(C(F)(F)F)cc(C(F)(F)F)c1. The molecule has 138 valence electrons. The van der Waals surface area contributed by atoms with E-state index in [9.17, 15) is 34.8 Å². The first-order valence-corrected chi connectivity index (χ1v) is 8.22. The lowest BCUT2D eigenvalue weighted by Gasteiger charge is -2.14. The average molecular weight is 387 g/mol. The van der Waals surface area contributed by atoms with Crippen molar-refractivity contribution < 1.29 is 34.8 Å². The van der Waals surface area contributed by atoms with Gasteiger partial charge in [-0.2, -0.15) is 36.7 Å². The number of alkyl halides is 6. The molecule has 0 aliphatic rings. The molecule has 0 aliphatic heterocycles. The summed E-state index contributed by atoms with van der Waals surface area (Å²) in [5, 5.41) is 10.9. The summed E-state index contributed by atoms with van der Waals surface area (Å²) in [6, 6.07) is 1.79. The number of hydrazone groups is 1. The van der Waals surface area contributed by atoms with Gasteiger partial charge in [0.05, 0.1) is 22.6 Å². The van der Waals surface area contributed by atoms with Crippen molar-refractivity contribution in [2.75, 3.05) is 11.2 Å². The standard InChI is InChI=1S/C13H11F6N3O2S/c1-2-3-25(23,24)11(7-20)22-21-10-5-8(12(14,15)16)4-9(6-10)13(17,18)19/h4-6,21H,2-3H2,1H3. The number of halogens is 6. The van der Waals surface area contributed by atoms with Crippen molar-refractivity contribution in [1.29, 1.82) is 5.26 Å². The van der Waals surface area contributed by atoms with E-state index in [4.69, 9.17) is 5.26 Å². The van der Waals surface area contributed by atoms with E-state index in [1.807, 2.05) is 0 Å². The Morgan fingerprint density at radius 3 is 1.96 bits per heavy atom. The summed E-state index contributed by atoms with van der Waals surface area (Å²) >= 11 is 0. The van der Waals surface area contributed by atoms with E-state index in [2.05, 4.69) is 5.10 Å². The van der Waals surface area contributed by atoms with Gasteiger partial charge < -0.3 is 0 Å². The molecule has 5 nitrogen and oxygen atoms in total. The third-order valence-electron chi connectivity index (χ3n) is 2.74. The lowest BCUT2D eigenvalue weighted by molar-refractivity contribution is -0.143. The van der Waals surface area contributed by atoms with Crippen LogP contribution in [0, 0.1) is 11.3 Å². The highest BCUT2D eigenvalue weighted by Gasteiger charge is 2.37. The average Bonchev–Trinajstić information content (AvgIpc) is 2.45. The van der Waals surface area contributed by atoms with Crippen LogP contribution in [0.3, 0.4) is 0 Å². The van der Waals surface area contributed by atoms with Crippen LogP contribution in [0.4, 0.5) is 32.0 Å². The van der Waals surface area contributed by atoms with Gasteiger partial charge in [-0.05, 0) is 24.6 Å². The zero-order valence-electron chi connectivity index (χ0n) is 12.5. The third-order valence-corrected chi connectivity index (χ3v) is 4.45. The molecule has 0 unspecified atom stereocenters. The summed E-state index contributed by atoms with van der Waals surface area (Å²) in [5.74, 6) is -0.447. The number of hydrogen-bond acceptors (Lipinski definition) is 5. The minimum atomic E-state index is -5.06. The highest BCUT2D eigenvalue weighted by atomic mass is 32.2. The third kappa shape index (κ3) is 5.63. The summed E-state index contributed by atoms with van der Waals surface area (Å²) < 4.78 is 99.6. The maximum atomic E-state index is 12.7. The molecule has 0 fully saturated rings. The maximum absolute atomic E-state index is 12.7. The molecule has 0 heterocycles. The molecule has 0 aliphatic carbocycles. The summed E-state index contributed by atoms with van der Waals surface area (Å²) in [5.41, 5.74) is -2.19. The van der Waals surface area contributed by atoms with Gasteiger partial charge in [0.1, 0.15) is 6.07 Å². The number of sulfone groups is 1. The molecule has 0 radical (unpaired) electrons. The van der Waals surface area contributed by atoms with Gasteiger partial charge in [-0.15, -0.1) is 0 Å². The molecule has 0 amide bonds. The summed E-state index contributed by atoms with van der Waals surface area (Å²) in [6.45, 7) is 1.50. The van der Waals surface area contributed by atoms with Crippen LogP contribution in [0.5, 0.6) is 0 Å². The van der Waals surface area contributed by atoms with Gasteiger partial charge in [-0.25, -0.2) is 8.42 Å². The number of rotatable bonds is 4. The van der Waals surface area contributed by atoms with Crippen LogP contribution in [0.25, 0.3) is 0 Å². The van der Waals surface area contributed by atoms with Crippen molar-refractivity contribution in [2.45, 2.75) is 25.7 Å². The fraction of sp³-hybridized carbons (Fsp3) is 0.385. The molecule has 0 bridgehead atoms. The zero-order valence-corrected chi connectivity index (χ0v) is 13.3. The number of nitriles is 1. The maximum Gasteiger partial charge on any atom is 0.416 e. The Morgan fingerprint density at radius 1 is 1.12 bits per heavy atom. The van der Waals surface area contributed by atoms with Crippen molar-refractivity contribution in [2.24, 2.45) is 5.10 Å². The second kappa shape index (κ2) is 7.30. The Morgan fingerprint density at radius 2 is 1.60 bits per heavy atom. The molecule has 0 saturated heterocycles. The smallest absolute Gasteiger partial charge is 0.277 e. The predicted octanol–water partition coefficient (Wildman–Crippen LogP) is 3.80. The number of nitrogens with zero attached hydrogens (tertiary/aromatic N) is 2. The van der Waals surface area contributed by atoms with Gasteiger partial charge in [0.25, 0.3) is 5.04 Å². The van der Waals surface area contributed by atoms with Gasteiger partial charge in [0, 0.05) is 0 Å². The van der Waals surface area contributed by atoms with Gasteiger partial charge in [0.2, 0.25) is 9.84 Å². The summed E-state index contributed by atoms with van der Waals surface area (Å²) in [7, 11) is -4.09. The molecule has 1 rings (SSSR count). The Labute approximate surface area is 138 Å². The molecule has 1 aromatic rings. The molecule has 12 heteroatoms. The Bertz CT molecular complexity index is 774. The van der Waals surface area contributed by atoms with Crippen LogP contribution in [-0.2, 0) is 22.2 Å². The van der Waals surface area contributed by atoms with Crippen molar-refractivity contribution in [3.05, 3.63) is 29.3 Å². The normalized spacial score (nSPS) is 13.4. The Hall–Kier alpha value is -2.29. The molecule has 1 aromatic carbocycles. The van der Waals surface area contributed by atoms with E-state index in [0.717, 1.165) is 0 Å². The van der Waals surface area contributed by atoms with E-state index >= 15 is 0 Å². The van der Waals surface area contributed by atoms with E-state index in [1.165, 1.54) is 13.0 Å². The molecule has 0 atom stereocenters. The quantitative estimate of drug-likeness (QED) is 0.369. The van der Waals surface area contributed by atoms with E-state index in [1.54, 1.807) is 5.43 Å². The Kier molecular flexibility index (Phi) is 6.06. The fourth-order valence-electron chi connectivity index (χ4n) is 1.66. The van der Waals surface area contributed by atoms with Gasteiger partial charge in [0.15, 0.2) is 0 Å². The summed E-state index contributed by atoms with van der Waals surface area (Å²) in [4.78, 5) is 0. The van der Waals surface area contributed by atoms with Crippen molar-refractivity contribution in [3.63, 3.8) is 0 Å². The van der Waals surface area contributed by atoms with Crippen LogP contribution < -0.4 is 5.43 Å². The van der Waals surface area contributed by atoms with E-state index in [0.29, 0.717) is 12.1 Å². The molecule has 1 N–H and O–H groups in total. The van der Waals surface area contributed by atoms with E-state index in [-0.39, 0.29) is 12.5 Å². The number of benzene rings is 1. The minimum absolute atomic E-state index is 0.0894. The second-order valence-electron chi connectivity index (χ2n) is 4.75. The number of nitrogens with one attached hydrogen (secondary N) is 1. The molecule has 25 heavy (non-hydrogen) atoms. The molecule has 0 saturated carbocycles. The lowest BCUT2D eigenvalue weighted by Crippen LogP contribution is -2.18. The molecule has 0 aromatic heterocycles. The van der Waals surface area contributed by atoms with Crippen molar-refractivity contribution in [3.8, 4) is 6.07 Å². The van der Waals surface area contributed by atoms with Gasteiger partial charge in [-0.1, -0.05) is 6.92 Å². The minimum Gasteiger partial charge on any atom is -0.277 e. The fourth-order valence-corrected chi connectivity index (χ4v) is 2.72. The summed E-state index contributed by atoms with van der Waals surface area (Å²) in [6.07, 6.45) is -9.98. The Balaban J connectivity index is 3.34. The van der Waals surface area contributed by atoms with Crippen LogP contribution in [0.15, 0.2) is 23.3 Å². The second-order valence-corrected chi connectivity index (χ2v) is 6.78. The van der Waals surface area contributed by atoms with Gasteiger partial charge in [-0.3, -0.25) is 5.43 Å². The first-order valence-electron chi connectivity index (χ1n) is 6.57. The van der Waals surface area contributed by atoms with Crippen LogP contribution in [-0.4, -0.2) is 19.2 Å². The highest BCUT2D eigenvalue weighted by Crippen LogP contribution is 2.37. The first-order chi connectivity index (χ1) is 11.3. The predicted molar refractivity (Wildman–Crippen MR) is 77.2 cm³/mol. The van der Waals surface area contributed by atoms with Crippen molar-refractivity contribution in [1.82, 2.24) is 0 Å². The zero-order chi connectivity index (χ0) is 19.5. The van der Waals surface area contributed by atoms with Crippen LogP contribution >= 0.6 is 0 Å². The monoisotopic (exact) mass is 387 g/mol.